The van der Waals surface area contributed by atoms with Crippen molar-refractivity contribution in [2.75, 3.05) is 31.1 Å². The maximum atomic E-state index is 12.7. The number of pyridine rings is 1. The number of aromatic nitrogens is 1. The lowest BCUT2D eigenvalue weighted by Crippen LogP contribution is -2.35. The van der Waals surface area contributed by atoms with Crippen LogP contribution in [-0.2, 0) is 10.0 Å². The topological polar surface area (TPSA) is 96.6 Å². The summed E-state index contributed by atoms with van der Waals surface area (Å²) in [5, 5.41) is 10.7. The van der Waals surface area contributed by atoms with E-state index in [0.717, 1.165) is 0 Å². The molecular weight excluding hydrogens is 344 g/mol. The summed E-state index contributed by atoms with van der Waals surface area (Å²) in [5.41, 5.74) is -0.0631. The van der Waals surface area contributed by atoms with Crippen LogP contribution < -0.4 is 4.90 Å². The van der Waals surface area contributed by atoms with Gasteiger partial charge < -0.3 is 4.90 Å². The van der Waals surface area contributed by atoms with Crippen LogP contribution in [0.15, 0.2) is 53.6 Å². The number of nitro groups is 1. The van der Waals surface area contributed by atoms with E-state index in [9.17, 15) is 18.5 Å². The molecule has 0 unspecified atom stereocenters. The smallest absolute Gasteiger partial charge is 0.287 e. The third-order valence-electron chi connectivity index (χ3n) is 4.10. The van der Waals surface area contributed by atoms with Crippen molar-refractivity contribution in [3.63, 3.8) is 0 Å². The van der Waals surface area contributed by atoms with Crippen LogP contribution in [0.4, 0.5) is 11.5 Å². The molecule has 132 valence electrons. The molecule has 0 amide bonds. The van der Waals surface area contributed by atoms with E-state index in [-0.39, 0.29) is 10.6 Å². The Morgan fingerprint density at radius 1 is 1.00 bits per heavy atom. The monoisotopic (exact) mass is 362 g/mol. The molecule has 9 heteroatoms. The largest absolute Gasteiger partial charge is 0.355 e. The van der Waals surface area contributed by atoms with Gasteiger partial charge in [0.05, 0.1) is 9.82 Å². The van der Waals surface area contributed by atoms with Crippen LogP contribution in [0.25, 0.3) is 0 Å². The Kier molecular flexibility index (Phi) is 4.95. The molecule has 2 aromatic rings. The molecule has 1 aliphatic heterocycles. The molecule has 25 heavy (non-hydrogen) atoms. The van der Waals surface area contributed by atoms with Gasteiger partial charge in [-0.1, -0.05) is 18.2 Å². The summed E-state index contributed by atoms with van der Waals surface area (Å²) in [7, 11) is -3.51. The van der Waals surface area contributed by atoms with Crippen LogP contribution in [-0.4, -0.2) is 48.8 Å². The molecule has 1 aliphatic rings. The van der Waals surface area contributed by atoms with Crippen LogP contribution >= 0.6 is 0 Å². The number of anilines is 1. The van der Waals surface area contributed by atoms with Crippen LogP contribution in [0.1, 0.15) is 6.42 Å². The first-order chi connectivity index (χ1) is 12.0. The Labute approximate surface area is 145 Å². The molecule has 1 aromatic heterocycles. The summed E-state index contributed by atoms with van der Waals surface area (Å²) in [6.45, 7) is 1.90. The van der Waals surface area contributed by atoms with Crippen molar-refractivity contribution in [1.82, 2.24) is 9.29 Å². The zero-order valence-corrected chi connectivity index (χ0v) is 14.3. The van der Waals surface area contributed by atoms with Crippen LogP contribution in [0.5, 0.6) is 0 Å². The van der Waals surface area contributed by atoms with Gasteiger partial charge in [-0.3, -0.25) is 10.1 Å². The summed E-state index contributed by atoms with van der Waals surface area (Å²) >= 11 is 0. The number of nitrogens with zero attached hydrogens (tertiary/aromatic N) is 4. The summed E-state index contributed by atoms with van der Waals surface area (Å²) in [6, 6.07) is 11.4. The van der Waals surface area contributed by atoms with Gasteiger partial charge in [-0.2, -0.15) is 4.31 Å². The Bertz CT molecular complexity index is 840. The first-order valence-electron chi connectivity index (χ1n) is 7.89. The molecular formula is C16H18N4O4S. The van der Waals surface area contributed by atoms with E-state index >= 15 is 0 Å². The molecule has 0 spiro atoms. The normalized spacial score (nSPS) is 16.4. The maximum absolute atomic E-state index is 12.7. The summed E-state index contributed by atoms with van der Waals surface area (Å²) in [6.07, 6.45) is 1.88. The summed E-state index contributed by atoms with van der Waals surface area (Å²) < 4.78 is 26.9. The highest BCUT2D eigenvalue weighted by Gasteiger charge is 2.27. The number of hydrogen-bond acceptors (Lipinski definition) is 6. The molecule has 1 aromatic carbocycles. The summed E-state index contributed by atoms with van der Waals surface area (Å²) in [5.74, 6) is 0.615. The molecule has 0 N–H and O–H groups in total. The van der Waals surface area contributed by atoms with Gasteiger partial charge in [-0.15, -0.1) is 0 Å². The average Bonchev–Trinajstić information content (AvgIpc) is 2.89. The first-order valence-corrected chi connectivity index (χ1v) is 9.33. The van der Waals surface area contributed by atoms with E-state index in [2.05, 4.69) is 4.98 Å². The van der Waals surface area contributed by atoms with Gasteiger partial charge in [0.1, 0.15) is 12.0 Å². The highest BCUT2D eigenvalue weighted by atomic mass is 32.2. The highest BCUT2D eigenvalue weighted by Crippen LogP contribution is 2.21. The standard InChI is InChI=1S/C16H18N4O4S/c21-20(22)14-7-8-16(17-13-14)18-9-4-10-19(12-11-18)25(23,24)15-5-2-1-3-6-15/h1-3,5-8,13H,4,9-12H2. The van der Waals surface area contributed by atoms with E-state index in [1.807, 2.05) is 4.90 Å². The van der Waals surface area contributed by atoms with E-state index in [1.54, 1.807) is 36.4 Å². The molecule has 0 saturated carbocycles. The molecule has 0 aliphatic carbocycles. The Hall–Kier alpha value is -2.52. The maximum Gasteiger partial charge on any atom is 0.287 e. The van der Waals surface area contributed by atoms with Crippen molar-refractivity contribution >= 4 is 21.5 Å². The number of benzene rings is 1. The van der Waals surface area contributed by atoms with E-state index < -0.39 is 14.9 Å². The van der Waals surface area contributed by atoms with E-state index in [4.69, 9.17) is 0 Å². The lowest BCUT2D eigenvalue weighted by atomic mass is 10.3. The average molecular weight is 362 g/mol. The van der Waals surface area contributed by atoms with Gasteiger partial charge in [0, 0.05) is 32.2 Å². The second kappa shape index (κ2) is 7.16. The highest BCUT2D eigenvalue weighted by molar-refractivity contribution is 7.89. The fraction of sp³-hybridized carbons (Fsp3) is 0.312. The van der Waals surface area contributed by atoms with Gasteiger partial charge in [-0.05, 0) is 24.6 Å². The quantitative estimate of drug-likeness (QED) is 0.609. The fourth-order valence-electron chi connectivity index (χ4n) is 2.78. The molecule has 1 fully saturated rings. The molecule has 0 atom stereocenters. The van der Waals surface area contributed by atoms with E-state index in [0.29, 0.717) is 38.4 Å². The SMILES string of the molecule is O=[N+]([O-])c1ccc(N2CCCN(S(=O)(=O)c3ccccc3)CC2)nc1. The van der Waals surface area contributed by atoms with E-state index in [1.165, 1.54) is 16.6 Å². The van der Waals surface area contributed by atoms with Crippen LogP contribution in [0.3, 0.4) is 0 Å². The van der Waals surface area contributed by atoms with Gasteiger partial charge in [0.25, 0.3) is 5.69 Å². The second-order valence-corrected chi connectivity index (χ2v) is 7.63. The van der Waals surface area contributed by atoms with Gasteiger partial charge >= 0.3 is 0 Å². The van der Waals surface area contributed by atoms with Crippen molar-refractivity contribution < 1.29 is 13.3 Å². The van der Waals surface area contributed by atoms with Crippen molar-refractivity contribution in [2.24, 2.45) is 0 Å². The van der Waals surface area contributed by atoms with Crippen LogP contribution in [0, 0.1) is 10.1 Å². The minimum absolute atomic E-state index is 0.0631. The lowest BCUT2D eigenvalue weighted by Gasteiger charge is -2.22. The number of sulfonamides is 1. The van der Waals surface area contributed by atoms with Gasteiger partial charge in [0.2, 0.25) is 10.0 Å². The fourth-order valence-corrected chi connectivity index (χ4v) is 4.27. The predicted molar refractivity (Wildman–Crippen MR) is 92.9 cm³/mol. The Morgan fingerprint density at radius 2 is 1.76 bits per heavy atom. The van der Waals surface area contributed by atoms with Crippen molar-refractivity contribution in [2.45, 2.75) is 11.3 Å². The second-order valence-electron chi connectivity index (χ2n) is 5.69. The molecule has 2 heterocycles. The minimum atomic E-state index is -3.51. The Morgan fingerprint density at radius 3 is 2.40 bits per heavy atom. The third-order valence-corrected chi connectivity index (χ3v) is 6.02. The first kappa shape index (κ1) is 17.3. The van der Waals surface area contributed by atoms with Gasteiger partial charge in [-0.25, -0.2) is 13.4 Å². The third kappa shape index (κ3) is 3.77. The zero-order chi connectivity index (χ0) is 17.9. The molecule has 0 radical (unpaired) electrons. The zero-order valence-electron chi connectivity index (χ0n) is 13.5. The van der Waals surface area contributed by atoms with Crippen LogP contribution in [0.2, 0.25) is 0 Å². The lowest BCUT2D eigenvalue weighted by molar-refractivity contribution is -0.385. The molecule has 1 saturated heterocycles. The molecule has 0 bridgehead atoms. The summed E-state index contributed by atoms with van der Waals surface area (Å²) in [4.78, 5) is 16.6. The van der Waals surface area contributed by atoms with Crippen molar-refractivity contribution in [3.05, 3.63) is 58.8 Å². The molecule has 3 rings (SSSR count). The number of rotatable bonds is 4. The van der Waals surface area contributed by atoms with Crippen molar-refractivity contribution in [3.8, 4) is 0 Å². The predicted octanol–water partition coefficient (Wildman–Crippen LogP) is 1.89. The van der Waals surface area contributed by atoms with Crippen molar-refractivity contribution in [1.29, 1.82) is 0 Å². The minimum Gasteiger partial charge on any atom is -0.355 e. The van der Waals surface area contributed by atoms with Gasteiger partial charge in [0.15, 0.2) is 0 Å². The number of hydrogen-bond donors (Lipinski definition) is 0. The molecule has 8 nitrogen and oxygen atoms in total. The Balaban J connectivity index is 1.73.